The van der Waals surface area contributed by atoms with E-state index in [1.54, 1.807) is 25.9 Å². The molecule has 0 heterocycles. The van der Waals surface area contributed by atoms with Gasteiger partial charge in [-0.05, 0) is 24.0 Å². The molecule has 0 bridgehead atoms. The number of hydrogen-bond donors (Lipinski definition) is 2. The van der Waals surface area contributed by atoms with Crippen molar-refractivity contribution in [2.45, 2.75) is 38.8 Å². The molecule has 20 heavy (non-hydrogen) atoms. The van der Waals surface area contributed by atoms with Crippen molar-refractivity contribution in [2.24, 2.45) is 0 Å². The highest BCUT2D eigenvalue weighted by molar-refractivity contribution is 5.80. The predicted octanol–water partition coefficient (Wildman–Crippen LogP) is 1.91. The zero-order valence-electron chi connectivity index (χ0n) is 13.1. The highest BCUT2D eigenvalue weighted by Crippen LogP contribution is 2.18. The number of likely N-dealkylation sites (N-methyl/N-ethyl adjacent to an activating group) is 1. The number of hydrogen-bond acceptors (Lipinski definition) is 3. The van der Waals surface area contributed by atoms with Crippen molar-refractivity contribution in [3.63, 3.8) is 0 Å². The van der Waals surface area contributed by atoms with Gasteiger partial charge in [0.05, 0.1) is 12.1 Å². The minimum atomic E-state index is -0.603. The second-order valence-electron chi connectivity index (χ2n) is 5.70. The number of carbonyl (C=O) groups excluding carboxylic acids is 1. The fraction of sp³-hybridized carbons (Fsp3) is 0.562. The minimum Gasteiger partial charge on any atom is -0.387 e. The average Bonchev–Trinajstić information content (AvgIpc) is 2.43. The van der Waals surface area contributed by atoms with Crippen LogP contribution in [0.2, 0.25) is 0 Å². The first-order valence-electron chi connectivity index (χ1n) is 7.05. The first-order valence-corrected chi connectivity index (χ1v) is 7.05. The lowest BCUT2D eigenvalue weighted by Gasteiger charge is -2.20. The molecule has 1 rings (SSSR count). The van der Waals surface area contributed by atoms with Gasteiger partial charge in [0.2, 0.25) is 5.91 Å². The number of amides is 1. The van der Waals surface area contributed by atoms with Gasteiger partial charge in [-0.2, -0.15) is 0 Å². The van der Waals surface area contributed by atoms with Crippen LogP contribution in [-0.4, -0.2) is 42.6 Å². The van der Waals surface area contributed by atoms with E-state index in [1.165, 1.54) is 5.56 Å². The van der Waals surface area contributed by atoms with Crippen LogP contribution in [0.5, 0.6) is 0 Å². The molecule has 4 nitrogen and oxygen atoms in total. The van der Waals surface area contributed by atoms with Crippen molar-refractivity contribution < 1.29 is 9.90 Å². The molecule has 1 amide bonds. The number of carbonyl (C=O) groups is 1. The first kappa shape index (κ1) is 16.7. The molecular weight excluding hydrogens is 252 g/mol. The summed E-state index contributed by atoms with van der Waals surface area (Å²) in [6.07, 6.45) is -0.603. The van der Waals surface area contributed by atoms with Gasteiger partial charge in [0.1, 0.15) is 0 Å². The Kier molecular flexibility index (Phi) is 6.17. The van der Waals surface area contributed by atoms with Gasteiger partial charge in [-0.3, -0.25) is 4.79 Å². The van der Waals surface area contributed by atoms with Gasteiger partial charge >= 0.3 is 0 Å². The first-order chi connectivity index (χ1) is 9.32. The molecule has 0 spiro atoms. The Balaban J connectivity index is 2.54. The Hall–Kier alpha value is -1.39. The number of nitrogens with one attached hydrogen (secondary N) is 1. The fourth-order valence-corrected chi connectivity index (χ4v) is 1.98. The van der Waals surface area contributed by atoms with Gasteiger partial charge in [0, 0.05) is 20.6 Å². The summed E-state index contributed by atoms with van der Waals surface area (Å²) in [5.41, 5.74) is 2.12. The van der Waals surface area contributed by atoms with Crippen LogP contribution in [0.15, 0.2) is 24.3 Å². The van der Waals surface area contributed by atoms with E-state index in [-0.39, 0.29) is 11.9 Å². The van der Waals surface area contributed by atoms with Crippen molar-refractivity contribution in [1.29, 1.82) is 0 Å². The molecule has 2 N–H and O–H groups in total. The molecule has 0 saturated heterocycles. The summed E-state index contributed by atoms with van der Waals surface area (Å²) in [6.45, 7) is 6.45. The number of nitrogens with zero attached hydrogens (tertiary/aromatic N) is 1. The Labute approximate surface area is 121 Å². The monoisotopic (exact) mass is 278 g/mol. The molecule has 2 atom stereocenters. The molecular formula is C16H26N2O2. The van der Waals surface area contributed by atoms with Gasteiger partial charge in [0.15, 0.2) is 0 Å². The van der Waals surface area contributed by atoms with Crippen LogP contribution in [0.1, 0.15) is 43.9 Å². The lowest BCUT2D eigenvalue weighted by atomic mass is 10.00. The fourth-order valence-electron chi connectivity index (χ4n) is 1.98. The molecule has 112 valence electrons. The quantitative estimate of drug-likeness (QED) is 0.836. The van der Waals surface area contributed by atoms with Crippen molar-refractivity contribution >= 4 is 5.91 Å². The van der Waals surface area contributed by atoms with E-state index in [0.29, 0.717) is 12.5 Å². The summed E-state index contributed by atoms with van der Waals surface area (Å²) in [5.74, 6) is 0.490. The zero-order chi connectivity index (χ0) is 15.3. The van der Waals surface area contributed by atoms with Gasteiger partial charge in [-0.15, -0.1) is 0 Å². The Morgan fingerprint density at radius 2 is 1.65 bits per heavy atom. The molecule has 0 aliphatic heterocycles. The second kappa shape index (κ2) is 7.41. The normalized spacial score (nSPS) is 14.2. The van der Waals surface area contributed by atoms with E-state index in [2.05, 4.69) is 19.2 Å². The molecule has 0 radical (unpaired) electrons. The molecule has 1 aromatic carbocycles. The highest BCUT2D eigenvalue weighted by atomic mass is 16.3. The molecule has 0 saturated carbocycles. The summed E-state index contributed by atoms with van der Waals surface area (Å²) in [7, 11) is 3.45. The number of rotatable bonds is 6. The molecule has 4 heteroatoms. The third-order valence-corrected chi connectivity index (χ3v) is 3.42. The second-order valence-corrected chi connectivity index (χ2v) is 5.70. The molecule has 0 aliphatic rings. The van der Waals surface area contributed by atoms with Crippen LogP contribution in [0, 0.1) is 0 Å². The largest absolute Gasteiger partial charge is 0.387 e. The smallest absolute Gasteiger partial charge is 0.238 e. The highest BCUT2D eigenvalue weighted by Gasteiger charge is 2.16. The van der Waals surface area contributed by atoms with E-state index in [1.807, 2.05) is 24.3 Å². The average molecular weight is 278 g/mol. The van der Waals surface area contributed by atoms with E-state index in [4.69, 9.17) is 0 Å². The van der Waals surface area contributed by atoms with Gasteiger partial charge in [-0.25, -0.2) is 0 Å². The van der Waals surface area contributed by atoms with Crippen molar-refractivity contribution in [3.05, 3.63) is 35.4 Å². The summed E-state index contributed by atoms with van der Waals surface area (Å²) >= 11 is 0. The van der Waals surface area contributed by atoms with Gasteiger partial charge < -0.3 is 15.3 Å². The van der Waals surface area contributed by atoms with Crippen molar-refractivity contribution in [2.75, 3.05) is 20.6 Å². The molecule has 0 aromatic heterocycles. The Morgan fingerprint density at radius 1 is 1.15 bits per heavy atom. The van der Waals surface area contributed by atoms with Crippen LogP contribution in [0.25, 0.3) is 0 Å². The molecule has 1 aromatic rings. The number of benzene rings is 1. The van der Waals surface area contributed by atoms with E-state index < -0.39 is 6.10 Å². The van der Waals surface area contributed by atoms with Crippen LogP contribution in [0.3, 0.4) is 0 Å². The van der Waals surface area contributed by atoms with Gasteiger partial charge in [0.25, 0.3) is 0 Å². The Morgan fingerprint density at radius 3 is 2.10 bits per heavy atom. The van der Waals surface area contributed by atoms with Crippen LogP contribution in [0.4, 0.5) is 0 Å². The van der Waals surface area contributed by atoms with Crippen LogP contribution in [-0.2, 0) is 4.79 Å². The lowest BCUT2D eigenvalue weighted by Crippen LogP contribution is -2.42. The van der Waals surface area contributed by atoms with Gasteiger partial charge in [-0.1, -0.05) is 38.1 Å². The lowest BCUT2D eigenvalue weighted by molar-refractivity contribution is -0.130. The maximum absolute atomic E-state index is 11.7. The third kappa shape index (κ3) is 4.62. The Bertz CT molecular complexity index is 427. The molecule has 0 aliphatic carbocycles. The minimum absolute atomic E-state index is 0.00681. The van der Waals surface area contributed by atoms with E-state index in [9.17, 15) is 9.90 Å². The zero-order valence-corrected chi connectivity index (χ0v) is 13.1. The summed E-state index contributed by atoms with van der Waals surface area (Å²) in [5, 5.41) is 13.2. The van der Waals surface area contributed by atoms with Crippen LogP contribution >= 0.6 is 0 Å². The van der Waals surface area contributed by atoms with E-state index in [0.717, 1.165) is 5.56 Å². The third-order valence-electron chi connectivity index (χ3n) is 3.42. The standard InChI is InChI=1S/C16H26N2O2/c1-11(2)13-6-8-14(9-7-13)15(19)10-17-12(3)16(20)18(4)5/h6-9,11-12,15,17,19H,10H2,1-5H3. The van der Waals surface area contributed by atoms with E-state index >= 15 is 0 Å². The SMILES string of the molecule is CC(NCC(O)c1ccc(C(C)C)cc1)C(=O)N(C)C. The summed E-state index contributed by atoms with van der Waals surface area (Å²) in [6, 6.07) is 7.67. The number of aliphatic hydroxyl groups excluding tert-OH is 1. The van der Waals surface area contributed by atoms with Crippen molar-refractivity contribution in [1.82, 2.24) is 10.2 Å². The summed E-state index contributed by atoms with van der Waals surface area (Å²) in [4.78, 5) is 13.2. The molecule has 2 unspecified atom stereocenters. The predicted molar refractivity (Wildman–Crippen MR) is 81.6 cm³/mol. The van der Waals surface area contributed by atoms with Crippen molar-refractivity contribution in [3.8, 4) is 0 Å². The summed E-state index contributed by atoms with van der Waals surface area (Å²) < 4.78 is 0. The topological polar surface area (TPSA) is 52.6 Å². The molecule has 0 fully saturated rings. The maximum Gasteiger partial charge on any atom is 0.238 e. The number of aliphatic hydroxyl groups is 1. The van der Waals surface area contributed by atoms with Crippen LogP contribution < -0.4 is 5.32 Å². The maximum atomic E-state index is 11.7.